The topological polar surface area (TPSA) is 103 Å². The van der Waals surface area contributed by atoms with Gasteiger partial charge in [0, 0.05) is 22.2 Å². The van der Waals surface area contributed by atoms with Crippen LogP contribution < -0.4 is 10.4 Å². The van der Waals surface area contributed by atoms with E-state index in [1.54, 1.807) is 53.9 Å². The minimum absolute atomic E-state index is 0.0442. The molecule has 1 fully saturated rings. The third kappa shape index (κ3) is 3.38. The minimum atomic E-state index is -0.871. The first-order chi connectivity index (χ1) is 14.0. The van der Waals surface area contributed by atoms with Crippen molar-refractivity contribution < 1.29 is 19.9 Å². The summed E-state index contributed by atoms with van der Waals surface area (Å²) in [5.74, 6) is -1.87. The van der Waals surface area contributed by atoms with Crippen LogP contribution in [0.2, 0.25) is 5.02 Å². The number of hydrogen-bond donors (Lipinski definition) is 3. The maximum Gasteiger partial charge on any atom is 0.301 e. The van der Waals surface area contributed by atoms with Crippen LogP contribution in [0.25, 0.3) is 5.76 Å². The number of aromatic nitrogens is 1. The molecule has 1 saturated heterocycles. The Morgan fingerprint density at radius 3 is 2.38 bits per heavy atom. The third-order valence-electron chi connectivity index (χ3n) is 4.54. The molecule has 146 valence electrons. The molecule has 2 aromatic carbocycles. The molecule has 0 bridgehead atoms. The Hall–Kier alpha value is -3.20. The maximum atomic E-state index is 12.9. The molecule has 29 heavy (non-hydrogen) atoms. The van der Waals surface area contributed by atoms with E-state index < -0.39 is 17.7 Å². The lowest BCUT2D eigenvalue weighted by molar-refractivity contribution is -0.132. The highest BCUT2D eigenvalue weighted by molar-refractivity contribution is 7.14. The first kappa shape index (κ1) is 19.1. The molecule has 7 nitrogen and oxygen atoms in total. The Labute approximate surface area is 174 Å². The van der Waals surface area contributed by atoms with Crippen LogP contribution in [0.15, 0.2) is 65.7 Å². The molecule has 2 heterocycles. The van der Waals surface area contributed by atoms with Crippen LogP contribution in [0.1, 0.15) is 17.2 Å². The number of carbonyl (C=O) groups excluding carboxylic acids is 2. The average molecular weight is 428 g/mol. The molecule has 0 radical (unpaired) electrons. The molecule has 4 rings (SSSR count). The molecular weight excluding hydrogens is 414 g/mol. The standard InChI is InChI=1S/C20H14ClN3O4S/c21-13-5-1-12(2-6-13)17(25)15-16(11-3-7-14(23-28)8-4-11)24(19(27)18(15)26)20-22-9-10-29-20/h1-10,16,23,25,28H/b17-15+. The highest BCUT2D eigenvalue weighted by Gasteiger charge is 2.47. The van der Waals surface area contributed by atoms with E-state index in [0.717, 1.165) is 0 Å². The molecule has 0 spiro atoms. The van der Waals surface area contributed by atoms with Crippen molar-refractivity contribution in [3.63, 3.8) is 0 Å². The molecule has 1 amide bonds. The lowest BCUT2D eigenvalue weighted by Gasteiger charge is -2.23. The van der Waals surface area contributed by atoms with Gasteiger partial charge in [0.2, 0.25) is 0 Å². The summed E-state index contributed by atoms with van der Waals surface area (Å²) in [4.78, 5) is 31.2. The first-order valence-electron chi connectivity index (χ1n) is 8.47. The summed E-state index contributed by atoms with van der Waals surface area (Å²) >= 11 is 7.12. The maximum absolute atomic E-state index is 12.9. The van der Waals surface area contributed by atoms with E-state index in [1.807, 2.05) is 5.48 Å². The second kappa shape index (κ2) is 7.67. The number of aliphatic hydroxyl groups excluding tert-OH is 1. The first-order valence-corrected chi connectivity index (χ1v) is 9.73. The molecule has 3 N–H and O–H groups in total. The van der Waals surface area contributed by atoms with Gasteiger partial charge in [0.25, 0.3) is 5.78 Å². The van der Waals surface area contributed by atoms with Crippen molar-refractivity contribution in [3.05, 3.63) is 81.8 Å². The summed E-state index contributed by atoms with van der Waals surface area (Å²) < 4.78 is 0. The van der Waals surface area contributed by atoms with Gasteiger partial charge in [-0.05, 0) is 42.0 Å². The Morgan fingerprint density at radius 2 is 1.79 bits per heavy atom. The highest BCUT2D eigenvalue weighted by atomic mass is 35.5. The van der Waals surface area contributed by atoms with Crippen LogP contribution in [0.4, 0.5) is 10.8 Å². The zero-order valence-electron chi connectivity index (χ0n) is 14.7. The number of Topliss-reactive ketones (excluding diaryl/α,β-unsaturated/α-hetero) is 1. The van der Waals surface area contributed by atoms with Crippen LogP contribution in [0, 0.1) is 0 Å². The SMILES string of the molecule is O=C1C(=O)N(c2nccs2)C(c2ccc(NO)cc2)/C1=C(\O)c1ccc(Cl)cc1. The minimum Gasteiger partial charge on any atom is -0.507 e. The van der Waals surface area contributed by atoms with E-state index in [1.165, 1.54) is 22.4 Å². The zero-order chi connectivity index (χ0) is 20.5. The van der Waals surface area contributed by atoms with Gasteiger partial charge in [-0.2, -0.15) is 0 Å². The number of halogens is 1. The summed E-state index contributed by atoms with van der Waals surface area (Å²) in [6.45, 7) is 0. The number of rotatable bonds is 4. The van der Waals surface area contributed by atoms with Crippen molar-refractivity contribution in [3.8, 4) is 0 Å². The Balaban J connectivity index is 1.91. The van der Waals surface area contributed by atoms with Crippen molar-refractivity contribution in [1.29, 1.82) is 0 Å². The van der Waals surface area contributed by atoms with Crippen molar-refractivity contribution >= 4 is 51.2 Å². The summed E-state index contributed by atoms with van der Waals surface area (Å²) in [7, 11) is 0. The van der Waals surface area contributed by atoms with Gasteiger partial charge in [0.05, 0.1) is 17.3 Å². The summed E-state index contributed by atoms with van der Waals surface area (Å²) in [6, 6.07) is 12.0. The van der Waals surface area contributed by atoms with Gasteiger partial charge in [0.15, 0.2) is 5.13 Å². The fraction of sp³-hybridized carbons (Fsp3) is 0.0500. The predicted molar refractivity (Wildman–Crippen MR) is 110 cm³/mol. The molecule has 3 aromatic rings. The zero-order valence-corrected chi connectivity index (χ0v) is 16.3. The van der Waals surface area contributed by atoms with Gasteiger partial charge < -0.3 is 5.11 Å². The second-order valence-electron chi connectivity index (χ2n) is 6.22. The van der Waals surface area contributed by atoms with E-state index in [4.69, 9.17) is 16.8 Å². The van der Waals surface area contributed by atoms with E-state index >= 15 is 0 Å². The monoisotopic (exact) mass is 427 g/mol. The lowest BCUT2D eigenvalue weighted by atomic mass is 9.95. The largest absolute Gasteiger partial charge is 0.507 e. The second-order valence-corrected chi connectivity index (χ2v) is 7.53. The number of aliphatic hydroxyl groups is 1. The predicted octanol–water partition coefficient (Wildman–Crippen LogP) is 4.22. The molecular formula is C20H14ClN3O4S. The van der Waals surface area contributed by atoms with Crippen molar-refractivity contribution in [1.82, 2.24) is 4.98 Å². The molecule has 0 aliphatic carbocycles. The number of amides is 1. The summed E-state index contributed by atoms with van der Waals surface area (Å²) in [5.41, 5.74) is 3.38. The molecule has 1 atom stereocenters. The van der Waals surface area contributed by atoms with E-state index in [9.17, 15) is 14.7 Å². The van der Waals surface area contributed by atoms with Crippen LogP contribution in [-0.2, 0) is 9.59 Å². The number of hydrogen-bond acceptors (Lipinski definition) is 7. The van der Waals surface area contributed by atoms with Crippen LogP contribution in [-0.4, -0.2) is 27.0 Å². The van der Waals surface area contributed by atoms with Gasteiger partial charge in [-0.25, -0.2) is 4.98 Å². The van der Waals surface area contributed by atoms with Crippen LogP contribution in [0.5, 0.6) is 0 Å². The molecule has 1 aliphatic rings. The molecule has 1 aliphatic heterocycles. The Kier molecular flexibility index (Phi) is 5.06. The quantitative estimate of drug-likeness (QED) is 0.249. The fourth-order valence-corrected chi connectivity index (χ4v) is 3.98. The third-order valence-corrected chi connectivity index (χ3v) is 5.57. The van der Waals surface area contributed by atoms with E-state index in [-0.39, 0.29) is 11.3 Å². The normalized spacial score (nSPS) is 18.3. The smallest absolute Gasteiger partial charge is 0.301 e. The lowest BCUT2D eigenvalue weighted by Crippen LogP contribution is -2.29. The summed E-state index contributed by atoms with van der Waals surface area (Å²) in [6.07, 6.45) is 1.54. The number of benzene rings is 2. The highest BCUT2D eigenvalue weighted by Crippen LogP contribution is 2.42. The van der Waals surface area contributed by atoms with Gasteiger partial charge in [-0.15, -0.1) is 11.3 Å². The Morgan fingerprint density at radius 1 is 1.10 bits per heavy atom. The van der Waals surface area contributed by atoms with Crippen LogP contribution in [0.3, 0.4) is 0 Å². The van der Waals surface area contributed by atoms with E-state index in [0.29, 0.717) is 27.0 Å². The fourth-order valence-electron chi connectivity index (χ4n) is 3.18. The molecule has 0 saturated carbocycles. The van der Waals surface area contributed by atoms with Crippen molar-refractivity contribution in [2.24, 2.45) is 0 Å². The van der Waals surface area contributed by atoms with Crippen molar-refractivity contribution in [2.45, 2.75) is 6.04 Å². The van der Waals surface area contributed by atoms with Gasteiger partial charge in [0.1, 0.15) is 5.76 Å². The van der Waals surface area contributed by atoms with Gasteiger partial charge in [-0.1, -0.05) is 23.7 Å². The summed E-state index contributed by atoms with van der Waals surface area (Å²) in [5, 5.41) is 22.5. The van der Waals surface area contributed by atoms with Gasteiger partial charge >= 0.3 is 5.91 Å². The Bertz CT molecular complexity index is 1100. The number of thiazole rings is 1. The van der Waals surface area contributed by atoms with Gasteiger partial charge in [-0.3, -0.25) is 25.2 Å². The number of anilines is 2. The average Bonchev–Trinajstić information content (AvgIpc) is 3.35. The molecule has 9 heteroatoms. The molecule has 1 unspecified atom stereocenters. The molecule has 1 aromatic heterocycles. The number of nitrogens with zero attached hydrogens (tertiary/aromatic N) is 2. The number of ketones is 1. The van der Waals surface area contributed by atoms with E-state index in [2.05, 4.69) is 4.98 Å². The van der Waals surface area contributed by atoms with Crippen LogP contribution >= 0.6 is 22.9 Å². The number of carbonyl (C=O) groups is 2. The number of nitrogens with one attached hydrogen (secondary N) is 1. The van der Waals surface area contributed by atoms with Crippen molar-refractivity contribution in [2.75, 3.05) is 10.4 Å².